The van der Waals surface area contributed by atoms with Crippen LogP contribution in [0.2, 0.25) is 0 Å². The van der Waals surface area contributed by atoms with Crippen molar-refractivity contribution in [2.75, 3.05) is 11.1 Å². The summed E-state index contributed by atoms with van der Waals surface area (Å²) in [6.07, 6.45) is 1.08. The quantitative estimate of drug-likeness (QED) is 0.599. The first kappa shape index (κ1) is 18.1. The first-order valence-corrected chi connectivity index (χ1v) is 9.68. The Morgan fingerprint density at radius 3 is 2.88 bits per heavy atom. The smallest absolute Gasteiger partial charge is 0.279 e. The zero-order valence-electron chi connectivity index (χ0n) is 13.8. The highest BCUT2D eigenvalue weighted by Crippen LogP contribution is 2.36. The molecule has 25 heavy (non-hydrogen) atoms. The Bertz CT molecular complexity index is 900. The van der Waals surface area contributed by atoms with Crippen molar-refractivity contribution in [3.63, 3.8) is 0 Å². The summed E-state index contributed by atoms with van der Waals surface area (Å²) < 4.78 is 15.6. The molecular formula is C17H17BrFN3O2S. The molecule has 1 aromatic carbocycles. The third-order valence-electron chi connectivity index (χ3n) is 4.08. The van der Waals surface area contributed by atoms with Crippen molar-refractivity contribution in [1.82, 2.24) is 9.55 Å². The molecule has 5 nitrogen and oxygen atoms in total. The van der Waals surface area contributed by atoms with Gasteiger partial charge in [0, 0.05) is 25.1 Å². The summed E-state index contributed by atoms with van der Waals surface area (Å²) in [5.41, 5.74) is 0.802. The number of nitrogens with zero attached hydrogens (tertiary/aromatic N) is 2. The molecule has 0 saturated heterocycles. The van der Waals surface area contributed by atoms with Crippen LogP contribution in [0.4, 0.5) is 10.2 Å². The lowest BCUT2D eigenvalue weighted by Crippen LogP contribution is -2.33. The van der Waals surface area contributed by atoms with Gasteiger partial charge in [-0.15, -0.1) is 0 Å². The number of halogens is 2. The van der Waals surface area contributed by atoms with Crippen molar-refractivity contribution >= 4 is 39.4 Å². The van der Waals surface area contributed by atoms with E-state index in [0.717, 1.165) is 12.2 Å². The largest absolute Gasteiger partial charge is 0.312 e. The maximum Gasteiger partial charge on any atom is 0.279 e. The van der Waals surface area contributed by atoms with Gasteiger partial charge in [-0.1, -0.05) is 24.8 Å². The van der Waals surface area contributed by atoms with Gasteiger partial charge in [0.05, 0.1) is 10.0 Å². The molecule has 1 N–H and O–H groups in total. The molecule has 0 spiro atoms. The number of carbonyl (C=O) groups is 1. The van der Waals surface area contributed by atoms with Gasteiger partial charge in [0.15, 0.2) is 5.16 Å². The minimum absolute atomic E-state index is 0.128. The Hall–Kier alpha value is -1.67. The summed E-state index contributed by atoms with van der Waals surface area (Å²) in [5, 5.41) is 3.37. The van der Waals surface area contributed by atoms with E-state index in [1.165, 1.54) is 17.8 Å². The molecule has 3 rings (SSSR count). The van der Waals surface area contributed by atoms with Crippen LogP contribution in [0.3, 0.4) is 0 Å². The van der Waals surface area contributed by atoms with Crippen LogP contribution in [-0.4, -0.2) is 21.2 Å². The van der Waals surface area contributed by atoms with Gasteiger partial charge in [-0.2, -0.15) is 4.98 Å². The maximum atomic E-state index is 13.5. The number of hydrogen-bond acceptors (Lipinski definition) is 4. The molecule has 0 aliphatic carbocycles. The van der Waals surface area contributed by atoms with Gasteiger partial charge < -0.3 is 9.88 Å². The molecule has 1 aliphatic rings. The van der Waals surface area contributed by atoms with Crippen LogP contribution in [0.15, 0.2) is 32.6 Å². The molecule has 8 heteroatoms. The summed E-state index contributed by atoms with van der Waals surface area (Å²) in [5.74, 6) is 0.297. The molecule has 0 saturated carbocycles. The van der Waals surface area contributed by atoms with E-state index in [-0.39, 0.29) is 23.7 Å². The first-order valence-electron chi connectivity index (χ1n) is 7.90. The van der Waals surface area contributed by atoms with Crippen LogP contribution < -0.4 is 10.9 Å². The molecule has 1 aromatic heterocycles. The molecule has 0 fully saturated rings. The van der Waals surface area contributed by atoms with Crippen LogP contribution in [0.25, 0.3) is 0 Å². The Balaban J connectivity index is 2.14. The van der Waals surface area contributed by atoms with Gasteiger partial charge >= 0.3 is 0 Å². The Morgan fingerprint density at radius 2 is 2.20 bits per heavy atom. The molecule has 1 atom stereocenters. The van der Waals surface area contributed by atoms with Crippen molar-refractivity contribution < 1.29 is 9.18 Å². The van der Waals surface area contributed by atoms with Crippen molar-refractivity contribution in [2.45, 2.75) is 30.8 Å². The van der Waals surface area contributed by atoms with E-state index in [9.17, 15) is 14.0 Å². The Labute approximate surface area is 157 Å². The molecule has 132 valence electrons. The Kier molecular flexibility index (Phi) is 5.29. The number of benzene rings is 1. The predicted octanol–water partition coefficient (Wildman–Crippen LogP) is 3.66. The van der Waals surface area contributed by atoms with Crippen LogP contribution >= 0.6 is 27.7 Å². The van der Waals surface area contributed by atoms with Gasteiger partial charge in [0.1, 0.15) is 11.6 Å². The average molecular weight is 426 g/mol. The third-order valence-corrected chi connectivity index (χ3v) is 5.93. The lowest BCUT2D eigenvalue weighted by molar-refractivity contribution is -0.116. The van der Waals surface area contributed by atoms with Crippen molar-refractivity contribution in [1.29, 1.82) is 0 Å². The maximum absolute atomic E-state index is 13.5. The number of thioether (sulfide) groups is 1. The fourth-order valence-electron chi connectivity index (χ4n) is 2.87. The Morgan fingerprint density at radius 1 is 1.44 bits per heavy atom. The highest BCUT2D eigenvalue weighted by atomic mass is 79.9. The predicted molar refractivity (Wildman–Crippen MR) is 99.7 cm³/mol. The summed E-state index contributed by atoms with van der Waals surface area (Å²) >= 11 is 4.64. The number of anilines is 1. The van der Waals surface area contributed by atoms with Gasteiger partial charge in [0.25, 0.3) is 5.56 Å². The number of amides is 1. The summed E-state index contributed by atoms with van der Waals surface area (Å²) in [6.45, 7) is 2.05. The lowest BCUT2D eigenvalue weighted by Gasteiger charge is -2.27. The summed E-state index contributed by atoms with van der Waals surface area (Å²) in [4.78, 5) is 29.1. The standard InChI is InChI=1S/C17H17BrFN3O2S/c1-3-6-25-17-21-16(24)14-10(8-13(23)20-15(14)22(17)2)9-4-5-12(19)11(18)7-9/h4-5,7,10H,3,6,8H2,1-2H3,(H,20,23)/t10-/m1/s1. The molecule has 1 aliphatic heterocycles. The molecule has 0 bridgehead atoms. The monoisotopic (exact) mass is 425 g/mol. The molecular weight excluding hydrogens is 409 g/mol. The van der Waals surface area contributed by atoms with E-state index in [2.05, 4.69) is 26.2 Å². The zero-order chi connectivity index (χ0) is 18.1. The van der Waals surface area contributed by atoms with Crippen molar-refractivity contribution in [3.05, 3.63) is 50.0 Å². The van der Waals surface area contributed by atoms with E-state index >= 15 is 0 Å². The number of nitrogens with one attached hydrogen (secondary N) is 1. The SMILES string of the molecule is CCCSc1nc(=O)c2c(n1C)NC(=O)C[C@@H]2c1ccc(F)c(Br)c1. The van der Waals surface area contributed by atoms with E-state index in [1.807, 2.05) is 6.92 Å². The van der Waals surface area contributed by atoms with Crippen molar-refractivity contribution in [3.8, 4) is 0 Å². The normalized spacial score (nSPS) is 16.5. The van der Waals surface area contributed by atoms with Gasteiger partial charge in [-0.25, -0.2) is 4.39 Å². The number of aromatic nitrogens is 2. The number of fused-ring (bicyclic) bond motifs is 1. The summed E-state index contributed by atoms with van der Waals surface area (Å²) in [7, 11) is 1.78. The van der Waals surface area contributed by atoms with E-state index in [1.54, 1.807) is 23.7 Å². The third kappa shape index (κ3) is 3.50. The van der Waals surface area contributed by atoms with E-state index in [0.29, 0.717) is 26.6 Å². The van der Waals surface area contributed by atoms with Gasteiger partial charge in [-0.05, 0) is 40.0 Å². The van der Waals surface area contributed by atoms with Gasteiger partial charge in [0.2, 0.25) is 5.91 Å². The molecule has 2 aromatic rings. The molecule has 1 amide bonds. The fraction of sp³-hybridized carbons (Fsp3) is 0.353. The van der Waals surface area contributed by atoms with Gasteiger partial charge in [-0.3, -0.25) is 9.59 Å². The summed E-state index contributed by atoms with van der Waals surface area (Å²) in [6, 6.07) is 4.54. The second-order valence-electron chi connectivity index (χ2n) is 5.85. The van der Waals surface area contributed by atoms with Crippen LogP contribution in [-0.2, 0) is 11.8 Å². The molecule has 0 unspecified atom stereocenters. The number of carbonyl (C=O) groups excluding carboxylic acids is 1. The topological polar surface area (TPSA) is 64.0 Å². The van der Waals surface area contributed by atoms with Crippen molar-refractivity contribution in [2.24, 2.45) is 7.05 Å². The second kappa shape index (κ2) is 7.29. The highest BCUT2D eigenvalue weighted by molar-refractivity contribution is 9.10. The number of hydrogen-bond donors (Lipinski definition) is 1. The fourth-order valence-corrected chi connectivity index (χ4v) is 4.09. The van der Waals surface area contributed by atoms with Crippen LogP contribution in [0, 0.1) is 5.82 Å². The lowest BCUT2D eigenvalue weighted by atomic mass is 9.87. The first-order chi connectivity index (χ1) is 11.9. The molecule has 2 heterocycles. The molecule has 0 radical (unpaired) electrons. The van der Waals surface area contributed by atoms with E-state index in [4.69, 9.17) is 0 Å². The number of rotatable bonds is 4. The second-order valence-corrected chi connectivity index (χ2v) is 7.76. The van der Waals surface area contributed by atoms with Crippen LogP contribution in [0.5, 0.6) is 0 Å². The van der Waals surface area contributed by atoms with E-state index < -0.39 is 5.92 Å². The average Bonchev–Trinajstić information content (AvgIpc) is 2.58. The zero-order valence-corrected chi connectivity index (χ0v) is 16.2. The van der Waals surface area contributed by atoms with Crippen LogP contribution in [0.1, 0.15) is 36.8 Å². The minimum atomic E-state index is -0.447. The minimum Gasteiger partial charge on any atom is -0.312 e. The highest BCUT2D eigenvalue weighted by Gasteiger charge is 2.32.